The molecule has 0 amide bonds. The Labute approximate surface area is 131 Å². The molecule has 21 heavy (non-hydrogen) atoms. The molecule has 120 valence electrons. The molecular weight excluding hydrogens is 284 g/mol. The summed E-state index contributed by atoms with van der Waals surface area (Å²) in [7, 11) is 0. The second-order valence-electron chi connectivity index (χ2n) is 6.41. The molecule has 1 aromatic heterocycles. The van der Waals surface area contributed by atoms with Gasteiger partial charge in [0.25, 0.3) is 0 Å². The monoisotopic (exact) mass is 312 g/mol. The third-order valence-electron chi connectivity index (χ3n) is 4.16. The van der Waals surface area contributed by atoms with Crippen molar-refractivity contribution < 1.29 is 0 Å². The first kappa shape index (κ1) is 16.6. The summed E-state index contributed by atoms with van der Waals surface area (Å²) in [4.78, 5) is 11.9. The molecule has 0 aromatic carbocycles. The average molecular weight is 312 g/mol. The molecule has 3 unspecified atom stereocenters. The Morgan fingerprint density at radius 2 is 2.24 bits per heavy atom. The minimum absolute atomic E-state index is 0.102. The van der Waals surface area contributed by atoms with Crippen molar-refractivity contribution in [2.75, 3.05) is 6.54 Å². The molecule has 0 radical (unpaired) electrons. The molecule has 1 aromatic rings. The summed E-state index contributed by atoms with van der Waals surface area (Å²) in [5, 5.41) is 11.8. The Morgan fingerprint density at radius 1 is 1.48 bits per heavy atom. The molecule has 1 aliphatic rings. The Bertz CT molecular complexity index is 494. The maximum Gasteiger partial charge on any atom is 0.344 e. The molecule has 3 atom stereocenters. The first-order chi connectivity index (χ1) is 10.0. The van der Waals surface area contributed by atoms with Gasteiger partial charge in [-0.3, -0.25) is 4.57 Å². The largest absolute Gasteiger partial charge is 0.344 e. The van der Waals surface area contributed by atoms with Crippen molar-refractivity contribution in [1.82, 2.24) is 20.1 Å². The van der Waals surface area contributed by atoms with Crippen LogP contribution in [0.4, 0.5) is 0 Å². The van der Waals surface area contributed by atoms with Gasteiger partial charge in [0.05, 0.1) is 0 Å². The van der Waals surface area contributed by atoms with Crippen molar-refractivity contribution in [3.63, 3.8) is 0 Å². The van der Waals surface area contributed by atoms with E-state index < -0.39 is 0 Å². The van der Waals surface area contributed by atoms with Gasteiger partial charge in [0, 0.05) is 17.3 Å². The van der Waals surface area contributed by atoms with Crippen LogP contribution in [0.2, 0.25) is 0 Å². The molecule has 6 heteroatoms. The van der Waals surface area contributed by atoms with Gasteiger partial charge in [0.1, 0.15) is 0 Å². The first-order valence-electron chi connectivity index (χ1n) is 8.09. The number of rotatable bonds is 6. The van der Waals surface area contributed by atoms with Gasteiger partial charge in [-0.15, -0.1) is 5.10 Å². The zero-order valence-electron chi connectivity index (χ0n) is 13.6. The highest BCUT2D eigenvalue weighted by molar-refractivity contribution is 7.99. The van der Waals surface area contributed by atoms with Crippen molar-refractivity contribution >= 4 is 11.8 Å². The molecule has 0 saturated heterocycles. The Morgan fingerprint density at radius 3 is 2.90 bits per heavy atom. The van der Waals surface area contributed by atoms with Crippen molar-refractivity contribution in [1.29, 1.82) is 0 Å². The van der Waals surface area contributed by atoms with E-state index >= 15 is 0 Å². The lowest BCUT2D eigenvalue weighted by molar-refractivity contribution is 0.317. The zero-order chi connectivity index (χ0) is 15.4. The van der Waals surface area contributed by atoms with Crippen molar-refractivity contribution in [2.45, 2.75) is 75.9 Å². The number of H-pyrrole nitrogens is 1. The van der Waals surface area contributed by atoms with Crippen LogP contribution in [0, 0.1) is 5.92 Å². The highest BCUT2D eigenvalue weighted by Crippen LogP contribution is 2.35. The lowest BCUT2D eigenvalue weighted by atomic mass is 9.87. The smallest absolute Gasteiger partial charge is 0.313 e. The van der Waals surface area contributed by atoms with Gasteiger partial charge in [-0.05, 0) is 52.0 Å². The molecule has 2 rings (SSSR count). The van der Waals surface area contributed by atoms with E-state index in [0.717, 1.165) is 24.0 Å². The van der Waals surface area contributed by atoms with Crippen LogP contribution in [0.15, 0.2) is 9.95 Å². The molecule has 0 aliphatic heterocycles. The predicted molar refractivity (Wildman–Crippen MR) is 88.0 cm³/mol. The van der Waals surface area contributed by atoms with E-state index in [0.29, 0.717) is 11.3 Å². The first-order valence-corrected chi connectivity index (χ1v) is 8.97. The summed E-state index contributed by atoms with van der Waals surface area (Å²) in [5.74, 6) is 0.750. The van der Waals surface area contributed by atoms with E-state index in [1.54, 1.807) is 16.3 Å². The molecule has 0 spiro atoms. The fourth-order valence-corrected chi connectivity index (χ4v) is 4.58. The summed E-state index contributed by atoms with van der Waals surface area (Å²) >= 11 is 1.76. The topological polar surface area (TPSA) is 62.7 Å². The molecule has 2 N–H and O–H groups in total. The summed E-state index contributed by atoms with van der Waals surface area (Å²) in [6.07, 6.45) is 4.85. The average Bonchev–Trinajstić information content (AvgIpc) is 2.79. The molecule has 1 saturated carbocycles. The van der Waals surface area contributed by atoms with E-state index in [4.69, 9.17) is 0 Å². The van der Waals surface area contributed by atoms with Gasteiger partial charge in [-0.2, -0.15) is 0 Å². The highest BCUT2D eigenvalue weighted by atomic mass is 32.2. The van der Waals surface area contributed by atoms with Crippen LogP contribution in [0.3, 0.4) is 0 Å². The summed E-state index contributed by atoms with van der Waals surface area (Å²) in [6, 6.07) is 0.667. The Balaban J connectivity index is 2.12. The normalized spacial score (nSPS) is 26.4. The van der Waals surface area contributed by atoms with Crippen LogP contribution in [-0.2, 0) is 0 Å². The van der Waals surface area contributed by atoms with Crippen LogP contribution >= 0.6 is 11.8 Å². The van der Waals surface area contributed by atoms with E-state index in [-0.39, 0.29) is 11.7 Å². The molecule has 0 bridgehead atoms. The van der Waals surface area contributed by atoms with Crippen LogP contribution in [-0.4, -0.2) is 32.6 Å². The van der Waals surface area contributed by atoms with Crippen molar-refractivity contribution in [2.24, 2.45) is 5.92 Å². The molecular formula is C15H28N4OS. The van der Waals surface area contributed by atoms with Crippen molar-refractivity contribution in [3.05, 3.63) is 10.5 Å². The standard InChI is InChI=1S/C15H28N4OS/c1-5-8-16-12-7-6-11(4)9-13(12)21-15-18-17-14(20)19(15)10(2)3/h10-13,16H,5-9H2,1-4H3,(H,17,20). The van der Waals surface area contributed by atoms with Gasteiger partial charge in [-0.25, -0.2) is 9.89 Å². The van der Waals surface area contributed by atoms with E-state index in [1.807, 2.05) is 13.8 Å². The van der Waals surface area contributed by atoms with Gasteiger partial charge >= 0.3 is 5.69 Å². The number of aromatic nitrogens is 3. The number of aromatic amines is 1. The molecule has 5 nitrogen and oxygen atoms in total. The molecule has 1 heterocycles. The molecule has 1 aliphatic carbocycles. The Kier molecular flexibility index (Phi) is 5.93. The van der Waals surface area contributed by atoms with E-state index in [1.165, 1.54) is 19.3 Å². The second kappa shape index (κ2) is 7.49. The summed E-state index contributed by atoms with van der Waals surface area (Å²) in [6.45, 7) is 9.64. The van der Waals surface area contributed by atoms with Crippen LogP contribution < -0.4 is 11.0 Å². The minimum atomic E-state index is -0.102. The third kappa shape index (κ3) is 4.13. The predicted octanol–water partition coefficient (Wildman–Crippen LogP) is 2.80. The number of hydrogen-bond donors (Lipinski definition) is 2. The second-order valence-corrected chi connectivity index (χ2v) is 7.62. The van der Waals surface area contributed by atoms with E-state index in [9.17, 15) is 4.79 Å². The summed E-state index contributed by atoms with van der Waals surface area (Å²) in [5.41, 5.74) is -0.102. The number of thioether (sulfide) groups is 1. The maximum atomic E-state index is 11.9. The lowest BCUT2D eigenvalue weighted by Crippen LogP contribution is -2.42. The number of nitrogens with zero attached hydrogens (tertiary/aromatic N) is 2. The number of hydrogen-bond acceptors (Lipinski definition) is 4. The Hall–Kier alpha value is -0.750. The van der Waals surface area contributed by atoms with Gasteiger partial charge in [0.2, 0.25) is 0 Å². The van der Waals surface area contributed by atoms with Crippen molar-refractivity contribution in [3.8, 4) is 0 Å². The lowest BCUT2D eigenvalue weighted by Gasteiger charge is -2.34. The SMILES string of the molecule is CCCNC1CCC(C)CC1Sc1n[nH]c(=O)n1C(C)C. The van der Waals surface area contributed by atoms with Crippen LogP contribution in [0.5, 0.6) is 0 Å². The molecule has 1 fully saturated rings. The maximum absolute atomic E-state index is 11.9. The summed E-state index contributed by atoms with van der Waals surface area (Å²) < 4.78 is 1.76. The van der Waals surface area contributed by atoms with Crippen LogP contribution in [0.25, 0.3) is 0 Å². The highest BCUT2D eigenvalue weighted by Gasteiger charge is 2.30. The minimum Gasteiger partial charge on any atom is -0.313 e. The fourth-order valence-electron chi connectivity index (χ4n) is 2.99. The van der Waals surface area contributed by atoms with Gasteiger partial charge in [0.15, 0.2) is 5.16 Å². The fraction of sp³-hybridized carbons (Fsp3) is 0.867. The van der Waals surface area contributed by atoms with Crippen LogP contribution in [0.1, 0.15) is 59.4 Å². The van der Waals surface area contributed by atoms with Gasteiger partial charge in [-0.1, -0.05) is 25.6 Å². The third-order valence-corrected chi connectivity index (χ3v) is 5.48. The zero-order valence-corrected chi connectivity index (χ0v) is 14.4. The quantitative estimate of drug-likeness (QED) is 0.848. The van der Waals surface area contributed by atoms with E-state index in [2.05, 4.69) is 29.4 Å². The van der Waals surface area contributed by atoms with Gasteiger partial charge < -0.3 is 5.32 Å². The number of nitrogens with one attached hydrogen (secondary N) is 2.